The Labute approximate surface area is 212 Å². The Morgan fingerprint density at radius 1 is 0.973 bits per heavy atom. The van der Waals surface area contributed by atoms with E-state index in [1.165, 1.54) is 6.92 Å². The molecule has 218 valence electrons. The fourth-order valence-electron chi connectivity index (χ4n) is 3.74. The van der Waals surface area contributed by atoms with Crippen molar-refractivity contribution >= 4 is 5.91 Å². The molecule has 1 aliphatic rings. The van der Waals surface area contributed by atoms with Crippen molar-refractivity contribution in [2.24, 2.45) is 0 Å². The van der Waals surface area contributed by atoms with Crippen molar-refractivity contribution in [3.05, 3.63) is 11.5 Å². The lowest BCUT2D eigenvalue weighted by atomic mass is 9.95. The summed E-state index contributed by atoms with van der Waals surface area (Å²) in [6.45, 7) is 0.633. The average Bonchev–Trinajstić information content (AvgIpc) is 2.85. The van der Waals surface area contributed by atoms with Crippen LogP contribution in [0.3, 0.4) is 0 Å². The molecule has 12 N–H and O–H groups in total. The van der Waals surface area contributed by atoms with E-state index in [0.717, 1.165) is 6.92 Å². The predicted molar refractivity (Wildman–Crippen MR) is 121 cm³/mol. The summed E-state index contributed by atoms with van der Waals surface area (Å²) < 4.78 is 15.8. The van der Waals surface area contributed by atoms with Gasteiger partial charge in [0.1, 0.15) is 42.7 Å². The number of nitrogens with one attached hydrogen (secondary N) is 1. The van der Waals surface area contributed by atoms with Gasteiger partial charge in [-0.15, -0.1) is 0 Å². The van der Waals surface area contributed by atoms with Crippen molar-refractivity contribution in [3.8, 4) is 0 Å². The monoisotopic (exact) mass is 545 g/mol. The molecule has 1 amide bonds. The topological polar surface area (TPSA) is 279 Å². The molecular formula is C21H39NO15. The number of ether oxygens (including phenoxy) is 3. The summed E-state index contributed by atoms with van der Waals surface area (Å²) in [7, 11) is 0. The van der Waals surface area contributed by atoms with Gasteiger partial charge in [0.2, 0.25) is 12.2 Å². The van der Waals surface area contributed by atoms with E-state index in [2.05, 4.69) is 5.32 Å². The standard InChI is InChI=1S/C21H39NO15/c1-8-19(17(31)16(30)12(7-25)35-8)37-20(33)13(22-9(2)26)15(29)11(4-6-24)36-21(34)18(32)14(28)10(27)3-5-23/h8,10-13,15-17,19-21,23-25,27-34H,3-7H2,1-2H3,(H,22,26)/b18-14+/t8-,10+,11-,12?,13?,15?,16-,17?,19?,20+,21+/m1/s1. The zero-order chi connectivity index (χ0) is 28.4. The van der Waals surface area contributed by atoms with E-state index in [-0.39, 0.29) is 6.42 Å². The minimum absolute atomic E-state index is 0.387. The summed E-state index contributed by atoms with van der Waals surface area (Å²) >= 11 is 0. The predicted octanol–water partition coefficient (Wildman–Crippen LogP) is -4.79. The Bertz CT molecular complexity index is 724. The molecule has 5 unspecified atom stereocenters. The summed E-state index contributed by atoms with van der Waals surface area (Å²) in [5.74, 6) is -3.15. The second-order valence-corrected chi connectivity index (χ2v) is 8.59. The second kappa shape index (κ2) is 15.7. The molecule has 0 radical (unpaired) electrons. The van der Waals surface area contributed by atoms with Gasteiger partial charge in [0.05, 0.1) is 18.8 Å². The molecule has 1 fully saturated rings. The lowest BCUT2D eigenvalue weighted by molar-refractivity contribution is -0.280. The number of carbonyl (C=O) groups is 1. The highest BCUT2D eigenvalue weighted by Gasteiger charge is 2.46. The maximum atomic E-state index is 11.8. The van der Waals surface area contributed by atoms with E-state index in [1.54, 1.807) is 0 Å². The van der Waals surface area contributed by atoms with Crippen LogP contribution in [0.5, 0.6) is 0 Å². The highest BCUT2D eigenvalue weighted by Crippen LogP contribution is 2.26. The number of aliphatic hydroxyl groups is 11. The SMILES string of the molecule is CC(=O)NC(C(O)[C@@H](CCO)O[C@H](O)/C(O)=C(\O)[C@@H](O)CCO)[C@@H](O)OC1C(O)[C@H](O)C(CO)O[C@@H]1C. The highest BCUT2D eigenvalue weighted by atomic mass is 16.6. The van der Waals surface area contributed by atoms with Crippen LogP contribution in [0.1, 0.15) is 26.7 Å². The minimum Gasteiger partial charge on any atom is -0.506 e. The highest BCUT2D eigenvalue weighted by molar-refractivity contribution is 5.73. The van der Waals surface area contributed by atoms with Crippen LogP contribution in [-0.2, 0) is 19.0 Å². The summed E-state index contributed by atoms with van der Waals surface area (Å²) in [5.41, 5.74) is 0. The molecule has 0 aromatic carbocycles. The first kappa shape index (κ1) is 33.4. The summed E-state index contributed by atoms with van der Waals surface area (Å²) in [5, 5.41) is 111. The molecule has 0 aromatic rings. The van der Waals surface area contributed by atoms with Crippen LogP contribution in [0.4, 0.5) is 0 Å². The Hall–Kier alpha value is -1.67. The molecule has 0 spiro atoms. The third-order valence-electron chi connectivity index (χ3n) is 5.75. The second-order valence-electron chi connectivity index (χ2n) is 8.59. The molecule has 16 nitrogen and oxygen atoms in total. The first-order valence-corrected chi connectivity index (χ1v) is 11.6. The van der Waals surface area contributed by atoms with Crippen LogP contribution in [0.25, 0.3) is 0 Å². The largest absolute Gasteiger partial charge is 0.506 e. The van der Waals surface area contributed by atoms with Gasteiger partial charge in [0, 0.05) is 26.6 Å². The number of carbonyl (C=O) groups excluding carboxylic acids is 1. The Balaban J connectivity index is 3.11. The number of hydrogen-bond donors (Lipinski definition) is 12. The first-order chi connectivity index (χ1) is 17.3. The van der Waals surface area contributed by atoms with E-state index in [9.17, 15) is 55.9 Å². The van der Waals surface area contributed by atoms with Crippen LogP contribution >= 0.6 is 0 Å². The van der Waals surface area contributed by atoms with Gasteiger partial charge in [-0.05, 0) is 13.3 Å². The van der Waals surface area contributed by atoms with E-state index >= 15 is 0 Å². The van der Waals surface area contributed by atoms with Crippen molar-refractivity contribution in [2.75, 3.05) is 19.8 Å². The zero-order valence-corrected chi connectivity index (χ0v) is 20.4. The van der Waals surface area contributed by atoms with E-state index in [4.69, 9.17) is 19.3 Å². The summed E-state index contributed by atoms with van der Waals surface area (Å²) in [6, 6.07) is -1.73. The van der Waals surface area contributed by atoms with Crippen LogP contribution in [-0.4, -0.2) is 149 Å². The molecule has 1 rings (SSSR count). The minimum atomic E-state index is -2.35. The van der Waals surface area contributed by atoms with Gasteiger partial charge in [-0.1, -0.05) is 0 Å². The van der Waals surface area contributed by atoms with Gasteiger partial charge in [-0.25, -0.2) is 0 Å². The van der Waals surface area contributed by atoms with Crippen molar-refractivity contribution in [1.29, 1.82) is 0 Å². The van der Waals surface area contributed by atoms with Crippen molar-refractivity contribution in [3.63, 3.8) is 0 Å². The van der Waals surface area contributed by atoms with E-state index in [0.29, 0.717) is 0 Å². The maximum Gasteiger partial charge on any atom is 0.217 e. The number of amides is 1. The van der Waals surface area contributed by atoms with E-state index < -0.39 is 111 Å². The molecular weight excluding hydrogens is 506 g/mol. The Morgan fingerprint density at radius 3 is 2.08 bits per heavy atom. The van der Waals surface area contributed by atoms with Crippen molar-refractivity contribution in [1.82, 2.24) is 5.32 Å². The maximum absolute atomic E-state index is 11.8. The zero-order valence-electron chi connectivity index (χ0n) is 20.4. The first-order valence-electron chi connectivity index (χ1n) is 11.6. The quantitative estimate of drug-likeness (QED) is 0.0679. The van der Waals surface area contributed by atoms with Gasteiger partial charge in [0.25, 0.3) is 0 Å². The third kappa shape index (κ3) is 9.24. The normalized spacial score (nSPS) is 30.0. The fourth-order valence-corrected chi connectivity index (χ4v) is 3.74. The van der Waals surface area contributed by atoms with Gasteiger partial charge >= 0.3 is 0 Å². The van der Waals surface area contributed by atoms with Crippen LogP contribution < -0.4 is 5.32 Å². The molecule has 1 saturated heterocycles. The molecule has 16 heteroatoms. The third-order valence-corrected chi connectivity index (χ3v) is 5.75. The number of rotatable bonds is 15. The molecule has 11 atom stereocenters. The lowest BCUT2D eigenvalue weighted by Crippen LogP contribution is -2.62. The Morgan fingerprint density at radius 2 is 1.57 bits per heavy atom. The smallest absolute Gasteiger partial charge is 0.217 e. The summed E-state index contributed by atoms with van der Waals surface area (Å²) in [6.07, 6.45) is -17.3. The molecule has 0 saturated carbocycles. The van der Waals surface area contributed by atoms with Crippen LogP contribution in [0.15, 0.2) is 11.5 Å². The van der Waals surface area contributed by atoms with Gasteiger partial charge < -0.3 is 75.7 Å². The molecule has 1 aliphatic heterocycles. The molecule has 1 heterocycles. The number of aliphatic hydroxyl groups excluding tert-OH is 11. The molecule has 0 bridgehead atoms. The van der Waals surface area contributed by atoms with Gasteiger partial charge in [-0.2, -0.15) is 0 Å². The Kier molecular flexibility index (Phi) is 14.1. The molecule has 0 aromatic heterocycles. The van der Waals surface area contributed by atoms with Crippen LogP contribution in [0, 0.1) is 0 Å². The number of hydrogen-bond acceptors (Lipinski definition) is 15. The van der Waals surface area contributed by atoms with Gasteiger partial charge in [0.15, 0.2) is 17.8 Å². The molecule has 37 heavy (non-hydrogen) atoms. The average molecular weight is 546 g/mol. The van der Waals surface area contributed by atoms with Gasteiger partial charge in [-0.3, -0.25) is 4.79 Å². The lowest BCUT2D eigenvalue weighted by Gasteiger charge is -2.43. The summed E-state index contributed by atoms with van der Waals surface area (Å²) in [4.78, 5) is 11.8. The van der Waals surface area contributed by atoms with E-state index in [1.807, 2.05) is 0 Å². The van der Waals surface area contributed by atoms with Crippen molar-refractivity contribution < 1.29 is 75.2 Å². The van der Waals surface area contributed by atoms with Crippen LogP contribution in [0.2, 0.25) is 0 Å². The van der Waals surface area contributed by atoms with Crippen molar-refractivity contribution in [2.45, 2.75) is 94.1 Å². The molecule has 0 aliphatic carbocycles. The fraction of sp³-hybridized carbons (Fsp3) is 0.857.